The number of hydrogen-bond donors (Lipinski definition) is 3. The number of carbonyl (C=O) groups is 4. The summed E-state index contributed by atoms with van der Waals surface area (Å²) in [5, 5.41) is 10.5. The highest BCUT2D eigenvalue weighted by molar-refractivity contribution is 7.91. The SMILES string of the molecule is COc1c(F)ccc2c(O[C@@H]3C[C@H]4C(=O)N[C@]5(C(=O)NS(=O)(=O)C6(C)CC6)C[C@H]5/C=C\CCCCC[C@H](NC(=O)c5ccn(C(C)C)n5)C(=O)N4C3)cc(OC(C)C)nc12. The maximum Gasteiger partial charge on any atom is 0.272 e. The van der Waals surface area contributed by atoms with Crippen molar-refractivity contribution in [3.05, 3.63) is 54.1 Å². The zero-order valence-electron chi connectivity index (χ0n) is 34.8. The van der Waals surface area contributed by atoms with Gasteiger partial charge < -0.3 is 29.7 Å². The van der Waals surface area contributed by atoms with E-state index in [1.807, 2.05) is 39.8 Å². The van der Waals surface area contributed by atoms with Gasteiger partial charge >= 0.3 is 0 Å². The topological polar surface area (TPSA) is 200 Å². The van der Waals surface area contributed by atoms with Crippen molar-refractivity contribution in [1.29, 1.82) is 0 Å². The summed E-state index contributed by atoms with van der Waals surface area (Å²) in [5.74, 6) is -3.47. The summed E-state index contributed by atoms with van der Waals surface area (Å²) in [4.78, 5) is 62.8. The summed E-state index contributed by atoms with van der Waals surface area (Å²) in [5.41, 5.74) is -1.30. The third-order valence-electron chi connectivity index (χ3n) is 11.8. The van der Waals surface area contributed by atoms with Crippen molar-refractivity contribution >= 4 is 44.6 Å². The zero-order valence-corrected chi connectivity index (χ0v) is 35.6. The number of amides is 4. The molecule has 4 aliphatic rings. The molecular weight excluding hydrogens is 798 g/mol. The number of hydrogen-bond acceptors (Lipinski definition) is 11. The van der Waals surface area contributed by atoms with Crippen molar-refractivity contribution in [2.75, 3.05) is 13.7 Å². The second kappa shape index (κ2) is 16.7. The van der Waals surface area contributed by atoms with Gasteiger partial charge in [-0.15, -0.1) is 0 Å². The van der Waals surface area contributed by atoms with Crippen LogP contribution in [0.5, 0.6) is 17.4 Å². The molecule has 3 N–H and O–H groups in total. The number of aromatic nitrogens is 3. The lowest BCUT2D eigenvalue weighted by atomic mass is 10.0. The first-order chi connectivity index (χ1) is 28.4. The smallest absolute Gasteiger partial charge is 0.272 e. The van der Waals surface area contributed by atoms with Crippen molar-refractivity contribution in [3.8, 4) is 17.4 Å². The lowest BCUT2D eigenvalue weighted by molar-refractivity contribution is -0.141. The molecule has 7 rings (SSSR count). The molecule has 16 nitrogen and oxygen atoms in total. The highest BCUT2D eigenvalue weighted by atomic mass is 32.2. The van der Waals surface area contributed by atoms with Crippen LogP contribution in [-0.2, 0) is 24.4 Å². The fourth-order valence-electron chi connectivity index (χ4n) is 7.89. The van der Waals surface area contributed by atoms with Crippen LogP contribution in [0.25, 0.3) is 10.9 Å². The van der Waals surface area contributed by atoms with E-state index in [4.69, 9.17) is 14.2 Å². The number of rotatable bonds is 11. The van der Waals surface area contributed by atoms with Gasteiger partial charge in [-0.2, -0.15) is 5.10 Å². The minimum Gasteiger partial charge on any atom is -0.491 e. The molecule has 0 unspecified atom stereocenters. The summed E-state index contributed by atoms with van der Waals surface area (Å²) >= 11 is 0. The van der Waals surface area contributed by atoms with Crippen LogP contribution in [0.15, 0.2) is 42.6 Å². The van der Waals surface area contributed by atoms with Gasteiger partial charge in [-0.25, -0.2) is 17.8 Å². The maximum absolute atomic E-state index is 14.9. The number of nitrogens with one attached hydrogen (secondary N) is 3. The molecule has 2 aliphatic carbocycles. The molecule has 1 aromatic carbocycles. The maximum atomic E-state index is 14.9. The quantitative estimate of drug-likeness (QED) is 0.230. The number of allylic oxidation sites excluding steroid dienone is 1. The molecule has 4 heterocycles. The molecule has 2 aliphatic heterocycles. The van der Waals surface area contributed by atoms with E-state index in [0.29, 0.717) is 31.1 Å². The van der Waals surface area contributed by atoms with Crippen LogP contribution in [0.2, 0.25) is 0 Å². The van der Waals surface area contributed by atoms with Crippen LogP contribution in [0.4, 0.5) is 4.39 Å². The summed E-state index contributed by atoms with van der Waals surface area (Å²) in [6.45, 7) is 8.93. The molecule has 0 radical (unpaired) electrons. The zero-order chi connectivity index (χ0) is 43.1. The largest absolute Gasteiger partial charge is 0.491 e. The first-order valence-electron chi connectivity index (χ1n) is 20.7. The Morgan fingerprint density at radius 3 is 2.53 bits per heavy atom. The van der Waals surface area contributed by atoms with E-state index in [1.165, 1.54) is 24.1 Å². The standard InChI is InChI=1S/C42H54FN7O9S/c1-24(2)50-19-16-30(47-50)37(51)44-31-13-11-9-7-8-10-12-26-22-42(26,40(54)48-60(55,56)41(5)17-18-41)46-38(52)32-20-27(23-49(32)39(31)53)59-33-21-34(58-25(3)4)45-35-28(33)14-15-29(43)36(35)57-6/h10,12,14-16,19,21,24-27,31-32H,7-9,11,13,17-18,20,22-23H2,1-6H3,(H,44,51)(H,46,52)(H,48,54)/b12-10-/t26-,27-,31+,32+,42-/m1/s1. The summed E-state index contributed by atoms with van der Waals surface area (Å²) in [6.07, 6.45) is 8.28. The predicted octanol–water partition coefficient (Wildman–Crippen LogP) is 4.49. The number of methoxy groups -OCH3 is 1. The fourth-order valence-corrected chi connectivity index (χ4v) is 9.20. The first-order valence-corrected chi connectivity index (χ1v) is 22.2. The molecule has 324 valence electrons. The Hall–Kier alpha value is -5.26. The third-order valence-corrected chi connectivity index (χ3v) is 14.0. The molecule has 5 atom stereocenters. The Kier molecular flexibility index (Phi) is 11.9. The van der Waals surface area contributed by atoms with Gasteiger partial charge in [0.25, 0.3) is 11.8 Å². The molecule has 3 aromatic rings. The van der Waals surface area contributed by atoms with Gasteiger partial charge in [-0.1, -0.05) is 25.0 Å². The van der Waals surface area contributed by atoms with E-state index >= 15 is 0 Å². The van der Waals surface area contributed by atoms with E-state index in [2.05, 4.69) is 25.4 Å². The van der Waals surface area contributed by atoms with Gasteiger partial charge in [0.1, 0.15) is 40.7 Å². The van der Waals surface area contributed by atoms with Crippen LogP contribution in [-0.4, -0.2) is 99.9 Å². The van der Waals surface area contributed by atoms with E-state index in [-0.39, 0.29) is 66.5 Å². The van der Waals surface area contributed by atoms with Crippen molar-refractivity contribution in [1.82, 2.24) is 35.0 Å². The van der Waals surface area contributed by atoms with Crippen molar-refractivity contribution < 1.29 is 46.2 Å². The van der Waals surface area contributed by atoms with Gasteiger partial charge in [0.15, 0.2) is 11.6 Å². The Morgan fingerprint density at radius 1 is 1.08 bits per heavy atom. The summed E-state index contributed by atoms with van der Waals surface area (Å²) in [7, 11) is -2.71. The molecule has 2 saturated carbocycles. The van der Waals surface area contributed by atoms with E-state index in [0.717, 1.165) is 12.8 Å². The number of sulfonamides is 1. The number of benzene rings is 1. The normalized spacial score (nSPS) is 26.0. The minimum absolute atomic E-state index is 0.000425. The second-order valence-electron chi connectivity index (χ2n) is 17.1. The molecular formula is C42H54FN7O9S. The van der Waals surface area contributed by atoms with Gasteiger partial charge in [-0.05, 0) is 91.3 Å². The van der Waals surface area contributed by atoms with E-state index in [9.17, 15) is 32.0 Å². The van der Waals surface area contributed by atoms with E-state index < -0.39 is 73.9 Å². The highest BCUT2D eigenvalue weighted by Crippen LogP contribution is 2.48. The Morgan fingerprint density at radius 2 is 1.85 bits per heavy atom. The van der Waals surface area contributed by atoms with Crippen molar-refractivity contribution in [3.63, 3.8) is 0 Å². The van der Waals surface area contributed by atoms with Crippen molar-refractivity contribution in [2.24, 2.45) is 5.92 Å². The number of carbonyl (C=O) groups excluding carboxylic acids is 4. The van der Waals surface area contributed by atoms with Crippen LogP contribution < -0.4 is 29.6 Å². The molecule has 0 bridgehead atoms. The highest BCUT2D eigenvalue weighted by Gasteiger charge is 2.63. The number of fused-ring (bicyclic) bond motifs is 3. The summed E-state index contributed by atoms with van der Waals surface area (Å²) in [6, 6.07) is 3.59. The van der Waals surface area contributed by atoms with Gasteiger partial charge in [0.05, 0.1) is 24.5 Å². The van der Waals surface area contributed by atoms with Crippen LogP contribution in [0.3, 0.4) is 0 Å². The Balaban J connectivity index is 1.23. The molecule has 0 spiro atoms. The number of ether oxygens (including phenoxy) is 3. The van der Waals surface area contributed by atoms with Crippen LogP contribution >= 0.6 is 0 Å². The number of pyridine rings is 1. The lowest BCUT2D eigenvalue weighted by Crippen LogP contribution is -2.58. The van der Waals surface area contributed by atoms with Crippen LogP contribution in [0, 0.1) is 11.7 Å². The fraction of sp³-hybridized carbons (Fsp3) is 0.571. The van der Waals surface area contributed by atoms with Gasteiger partial charge in [0, 0.05) is 36.0 Å². The molecule has 18 heteroatoms. The average molecular weight is 852 g/mol. The Bertz CT molecular complexity index is 2310. The second-order valence-corrected chi connectivity index (χ2v) is 19.3. The van der Waals surface area contributed by atoms with Crippen LogP contribution in [0.1, 0.15) is 109 Å². The minimum atomic E-state index is -4.04. The average Bonchev–Trinajstić information content (AvgIpc) is 3.95. The molecule has 2 aromatic heterocycles. The van der Waals surface area contributed by atoms with Crippen molar-refractivity contribution in [2.45, 2.75) is 133 Å². The number of nitrogens with zero attached hydrogens (tertiary/aromatic N) is 4. The van der Waals surface area contributed by atoms with Gasteiger partial charge in [0.2, 0.25) is 27.7 Å². The molecule has 4 amide bonds. The van der Waals surface area contributed by atoms with Gasteiger partial charge in [-0.3, -0.25) is 28.6 Å². The first kappa shape index (κ1) is 42.8. The number of halogens is 1. The predicted molar refractivity (Wildman–Crippen MR) is 218 cm³/mol. The van der Waals surface area contributed by atoms with E-state index in [1.54, 1.807) is 29.9 Å². The summed E-state index contributed by atoms with van der Waals surface area (Å²) < 4.78 is 62.0. The molecule has 1 saturated heterocycles. The lowest BCUT2D eigenvalue weighted by Gasteiger charge is -2.30. The molecule has 60 heavy (non-hydrogen) atoms. The molecule has 3 fully saturated rings. The monoisotopic (exact) mass is 851 g/mol. The Labute approximate surface area is 349 Å². The third kappa shape index (κ3) is 8.65.